The number of benzene rings is 1. The molecule has 1 N–H and O–H groups in total. The number of hydrogen-bond donors (Lipinski definition) is 1. The number of halogens is 2. The first kappa shape index (κ1) is 22.8. The molecule has 4 rings (SSSR count). The Morgan fingerprint density at radius 2 is 1.85 bits per heavy atom. The maximum absolute atomic E-state index is 14.7. The van der Waals surface area contributed by atoms with Gasteiger partial charge in [0.2, 0.25) is 5.95 Å². The smallest absolute Gasteiger partial charge is 0.239 e. The lowest BCUT2D eigenvalue weighted by Gasteiger charge is -2.22. The predicted octanol–water partition coefficient (Wildman–Crippen LogP) is 3.88. The minimum Gasteiger partial charge on any atom is -0.374 e. The van der Waals surface area contributed by atoms with Crippen LogP contribution in [0.15, 0.2) is 42.9 Å². The summed E-state index contributed by atoms with van der Waals surface area (Å²) < 4.78 is 41.0. The molecule has 172 valence electrons. The molecule has 2 atom stereocenters. The standard InChI is InChI=1S/C21H22F2N8OS/c1-12-10-25-17(11-24-12)19(32-4)13(2)33-29-21-27-26-20(16-8-9-30(3)28-16)31(21)18-14(22)6-5-7-15(18)23/h5-11,13,19H,1-4H3,(H,27,29). The fourth-order valence-corrected chi connectivity index (χ4v) is 4.07. The molecule has 0 amide bonds. The molecule has 3 aromatic heterocycles. The number of rotatable bonds is 8. The highest BCUT2D eigenvalue weighted by molar-refractivity contribution is 8.01. The Morgan fingerprint density at radius 3 is 2.45 bits per heavy atom. The number of methoxy groups -OCH3 is 1. The van der Waals surface area contributed by atoms with Crippen molar-refractivity contribution >= 4 is 17.9 Å². The summed E-state index contributed by atoms with van der Waals surface area (Å²) >= 11 is 1.26. The monoisotopic (exact) mass is 472 g/mol. The summed E-state index contributed by atoms with van der Waals surface area (Å²) in [6.07, 6.45) is 4.66. The number of aromatic nitrogens is 7. The van der Waals surface area contributed by atoms with Crippen molar-refractivity contribution in [2.24, 2.45) is 7.05 Å². The highest BCUT2D eigenvalue weighted by atomic mass is 32.2. The molecule has 4 aromatic rings. The molecule has 9 nitrogen and oxygen atoms in total. The van der Waals surface area contributed by atoms with Crippen molar-refractivity contribution < 1.29 is 13.5 Å². The maximum atomic E-state index is 14.7. The van der Waals surface area contributed by atoms with Crippen molar-refractivity contribution in [1.29, 1.82) is 0 Å². The van der Waals surface area contributed by atoms with Gasteiger partial charge in [-0.2, -0.15) is 5.10 Å². The van der Waals surface area contributed by atoms with Gasteiger partial charge < -0.3 is 4.74 Å². The molecular weight excluding hydrogens is 450 g/mol. The van der Waals surface area contributed by atoms with Gasteiger partial charge in [-0.3, -0.25) is 23.9 Å². The van der Waals surface area contributed by atoms with Crippen LogP contribution in [0.25, 0.3) is 17.2 Å². The topological polar surface area (TPSA) is 95.6 Å². The highest BCUT2D eigenvalue weighted by Gasteiger charge is 2.26. The number of anilines is 1. The third-order valence-corrected chi connectivity index (χ3v) is 5.80. The average Bonchev–Trinajstić information content (AvgIpc) is 3.40. The van der Waals surface area contributed by atoms with Crippen LogP contribution < -0.4 is 4.72 Å². The number of para-hydroxylation sites is 1. The van der Waals surface area contributed by atoms with E-state index in [-0.39, 0.29) is 28.8 Å². The molecule has 1 aromatic carbocycles. The molecule has 0 bridgehead atoms. The molecule has 0 saturated carbocycles. The van der Waals surface area contributed by atoms with Crippen molar-refractivity contribution in [3.63, 3.8) is 0 Å². The minimum absolute atomic E-state index is 0.140. The molecule has 33 heavy (non-hydrogen) atoms. The number of nitrogens with one attached hydrogen (secondary N) is 1. The summed E-state index contributed by atoms with van der Waals surface area (Å²) in [6.45, 7) is 3.78. The second-order valence-corrected chi connectivity index (χ2v) is 8.47. The van der Waals surface area contributed by atoms with Gasteiger partial charge in [0.05, 0.1) is 22.8 Å². The normalized spacial score (nSPS) is 13.2. The van der Waals surface area contributed by atoms with E-state index in [1.807, 2.05) is 13.8 Å². The van der Waals surface area contributed by atoms with Crippen LogP contribution in [0.1, 0.15) is 24.4 Å². The number of aryl methyl sites for hydroxylation is 2. The minimum atomic E-state index is -0.752. The van der Waals surface area contributed by atoms with Crippen molar-refractivity contribution in [2.45, 2.75) is 25.2 Å². The summed E-state index contributed by atoms with van der Waals surface area (Å²) in [5, 5.41) is 12.4. The van der Waals surface area contributed by atoms with E-state index in [0.717, 1.165) is 5.69 Å². The van der Waals surface area contributed by atoms with Crippen LogP contribution in [-0.4, -0.2) is 46.9 Å². The van der Waals surface area contributed by atoms with E-state index in [1.165, 1.54) is 34.7 Å². The molecule has 12 heteroatoms. The molecule has 0 fully saturated rings. The first-order valence-electron chi connectivity index (χ1n) is 10.0. The molecule has 0 saturated heterocycles. The van der Waals surface area contributed by atoms with Crippen LogP contribution in [0.2, 0.25) is 0 Å². The number of ether oxygens (including phenoxy) is 1. The van der Waals surface area contributed by atoms with E-state index < -0.39 is 11.6 Å². The summed E-state index contributed by atoms with van der Waals surface area (Å²) in [5.74, 6) is -1.17. The average molecular weight is 473 g/mol. The molecule has 2 unspecified atom stereocenters. The zero-order chi connectivity index (χ0) is 23.5. The van der Waals surface area contributed by atoms with E-state index in [2.05, 4.69) is 30.0 Å². The lowest BCUT2D eigenvalue weighted by Crippen LogP contribution is -2.18. The predicted molar refractivity (Wildman–Crippen MR) is 121 cm³/mol. The molecule has 0 aliphatic carbocycles. The van der Waals surface area contributed by atoms with E-state index in [0.29, 0.717) is 11.4 Å². The van der Waals surface area contributed by atoms with E-state index in [9.17, 15) is 8.78 Å². The molecule has 3 heterocycles. The third-order valence-electron chi connectivity index (χ3n) is 4.88. The van der Waals surface area contributed by atoms with Crippen molar-refractivity contribution in [3.05, 3.63) is 65.9 Å². The van der Waals surface area contributed by atoms with E-state index >= 15 is 0 Å². The Balaban J connectivity index is 1.66. The molecule has 0 radical (unpaired) electrons. The largest absolute Gasteiger partial charge is 0.374 e. The van der Waals surface area contributed by atoms with Gasteiger partial charge in [-0.05, 0) is 44.0 Å². The van der Waals surface area contributed by atoms with Crippen LogP contribution in [0.3, 0.4) is 0 Å². The summed E-state index contributed by atoms with van der Waals surface area (Å²) in [4.78, 5) is 8.66. The molecular formula is C21H22F2N8OS. The molecule has 0 aliphatic heterocycles. The van der Waals surface area contributed by atoms with Crippen molar-refractivity contribution in [1.82, 2.24) is 34.5 Å². The van der Waals surface area contributed by atoms with Crippen LogP contribution in [0.4, 0.5) is 14.7 Å². The van der Waals surface area contributed by atoms with E-state index in [4.69, 9.17) is 4.74 Å². The van der Waals surface area contributed by atoms with Gasteiger partial charge in [0, 0.05) is 26.6 Å². The second kappa shape index (κ2) is 9.63. The van der Waals surface area contributed by atoms with Gasteiger partial charge in [-0.25, -0.2) is 8.78 Å². The van der Waals surface area contributed by atoms with Crippen LogP contribution in [-0.2, 0) is 11.8 Å². The van der Waals surface area contributed by atoms with Crippen molar-refractivity contribution in [2.75, 3.05) is 11.8 Å². The fourth-order valence-electron chi connectivity index (χ4n) is 3.27. The van der Waals surface area contributed by atoms with E-state index in [1.54, 1.807) is 43.5 Å². The fraction of sp³-hybridized carbons (Fsp3) is 0.286. The Morgan fingerprint density at radius 1 is 1.09 bits per heavy atom. The van der Waals surface area contributed by atoms with Gasteiger partial charge >= 0.3 is 0 Å². The summed E-state index contributed by atoms with van der Waals surface area (Å²) in [5.41, 5.74) is 1.59. The zero-order valence-electron chi connectivity index (χ0n) is 18.4. The zero-order valence-corrected chi connectivity index (χ0v) is 19.2. The molecule has 0 aliphatic rings. The Labute approximate surface area is 193 Å². The quantitative estimate of drug-likeness (QED) is 0.386. The lowest BCUT2D eigenvalue weighted by molar-refractivity contribution is 0.101. The van der Waals surface area contributed by atoms with Gasteiger partial charge in [-0.15, -0.1) is 10.2 Å². The van der Waals surface area contributed by atoms with Crippen molar-refractivity contribution in [3.8, 4) is 17.2 Å². The summed E-state index contributed by atoms with van der Waals surface area (Å²) in [6, 6.07) is 5.35. The third kappa shape index (κ3) is 4.71. The van der Waals surface area contributed by atoms with Crippen LogP contribution in [0, 0.1) is 18.6 Å². The first-order valence-corrected chi connectivity index (χ1v) is 10.9. The molecule has 0 spiro atoms. The van der Waals surface area contributed by atoms with Crippen LogP contribution >= 0.6 is 11.9 Å². The Hall–Kier alpha value is -3.38. The Kier molecular flexibility index (Phi) is 6.65. The number of hydrogen-bond acceptors (Lipinski definition) is 8. The van der Waals surface area contributed by atoms with Gasteiger partial charge in [0.25, 0.3) is 0 Å². The maximum Gasteiger partial charge on any atom is 0.239 e. The lowest BCUT2D eigenvalue weighted by atomic mass is 10.2. The van der Waals surface area contributed by atoms with Crippen LogP contribution in [0.5, 0.6) is 0 Å². The second-order valence-electron chi connectivity index (χ2n) is 7.29. The Bertz CT molecular complexity index is 1220. The SMILES string of the molecule is COC(c1cnc(C)cn1)C(C)SNc1nnc(-c2ccn(C)n2)n1-c1c(F)cccc1F. The highest BCUT2D eigenvalue weighted by Crippen LogP contribution is 2.32. The van der Waals surface area contributed by atoms with Gasteiger partial charge in [-0.1, -0.05) is 6.07 Å². The van der Waals surface area contributed by atoms with Gasteiger partial charge in [0.1, 0.15) is 29.1 Å². The van der Waals surface area contributed by atoms with Gasteiger partial charge in [0.15, 0.2) is 5.82 Å². The summed E-state index contributed by atoms with van der Waals surface area (Å²) in [7, 11) is 3.32. The number of nitrogens with zero attached hydrogens (tertiary/aromatic N) is 7. The first-order chi connectivity index (χ1) is 15.9.